The summed E-state index contributed by atoms with van der Waals surface area (Å²) >= 11 is 0. The Morgan fingerprint density at radius 2 is 1.00 bits per heavy atom. The molecule has 0 rings (SSSR count). The molecule has 0 aromatic heterocycles. The van der Waals surface area contributed by atoms with Crippen molar-refractivity contribution in [3.05, 3.63) is 0 Å². The molecular weight excluding hydrogens is 355 g/mol. The first kappa shape index (κ1) is 22.5. The molecule has 0 amide bonds. The monoisotopic (exact) mass is 358 g/mol. The third kappa shape index (κ3) is 85.9. The van der Waals surface area contributed by atoms with Crippen LogP contribution in [0.4, 0.5) is 0 Å². The van der Waals surface area contributed by atoms with Gasteiger partial charge in [0.05, 0.1) is 0 Å². The van der Waals surface area contributed by atoms with Crippen molar-refractivity contribution in [2.24, 2.45) is 0 Å². The van der Waals surface area contributed by atoms with E-state index in [-0.39, 0.29) is 67.0 Å². The summed E-state index contributed by atoms with van der Waals surface area (Å²) in [5.41, 5.74) is 0. The first-order chi connectivity index (χ1) is 2.00. The van der Waals surface area contributed by atoms with E-state index in [0.717, 1.165) is 0 Å². The molecule has 0 aliphatic carbocycles. The van der Waals surface area contributed by atoms with Gasteiger partial charge >= 0.3 is 54.6 Å². The predicted molar refractivity (Wildman–Crippen MR) is 7.61 cm³/mol. The van der Waals surface area contributed by atoms with Gasteiger partial charge in [0.15, 0.2) is 0 Å². The van der Waals surface area contributed by atoms with Crippen molar-refractivity contribution in [2.45, 2.75) is 0 Å². The summed E-state index contributed by atoms with van der Waals surface area (Å²) in [6, 6.07) is 0. The van der Waals surface area contributed by atoms with E-state index < -0.39 is 7.82 Å². The van der Waals surface area contributed by atoms with Crippen LogP contribution in [0.1, 0.15) is 0 Å². The first-order valence-corrected chi connectivity index (χ1v) is 2.19. The van der Waals surface area contributed by atoms with Crippen LogP contribution >= 0.6 is 7.82 Å². The molecule has 0 N–H and O–H groups in total. The quantitative estimate of drug-likeness (QED) is 0.320. The molecule has 8 heavy (non-hydrogen) atoms. The summed E-state index contributed by atoms with van der Waals surface area (Å²) in [5.74, 6) is 0. The molecule has 0 spiro atoms. The molecule has 0 saturated carbocycles. The van der Waals surface area contributed by atoms with Gasteiger partial charge in [-0.05, 0) is 0 Å². The van der Waals surface area contributed by atoms with Crippen molar-refractivity contribution < 1.29 is 86.2 Å². The molecule has 0 atom stereocenters. The van der Waals surface area contributed by atoms with E-state index in [1.165, 1.54) is 0 Å². The van der Waals surface area contributed by atoms with E-state index in [0.29, 0.717) is 0 Å². The van der Waals surface area contributed by atoms with E-state index in [2.05, 4.69) is 0 Å². The smallest absolute Gasteiger partial charge is 1.00 e. The first-order valence-electron chi connectivity index (χ1n) is 0.730. The number of phosphoric acid groups is 1. The van der Waals surface area contributed by atoms with Crippen LogP contribution in [0, 0.1) is 0 Å². The molecule has 4 nitrogen and oxygen atoms in total. The average molecular weight is 355 g/mol. The molecule has 0 radical (unpaired) electrons. The molecule has 0 unspecified atom stereocenters. The molecule has 0 aliphatic rings. The van der Waals surface area contributed by atoms with Crippen LogP contribution in [-0.2, 0) is 59.2 Å². The van der Waals surface area contributed by atoms with Crippen LogP contribution in [0.5, 0.6) is 0 Å². The molecule has 0 fully saturated rings. The van der Waals surface area contributed by atoms with Crippen LogP contribution < -0.4 is 27.1 Å². The molecule has 0 aromatic carbocycles. The second-order valence-corrected chi connectivity index (χ2v) is 1.34. The molecule has 0 aromatic rings. The van der Waals surface area contributed by atoms with E-state index in [1.54, 1.807) is 0 Å². The molecule has 40 valence electrons. The maximum absolute atomic E-state index is 8.55. The SMILES string of the molecule is O=P([O-])([O-])[O-].[Cd+2].[Cd+2].[Cl-]. The Kier molecular flexibility index (Phi) is 25.9. The largest absolute Gasteiger partial charge is 2.00 e. The van der Waals surface area contributed by atoms with Gasteiger partial charge in [-0.25, -0.2) is 0 Å². The molecule has 0 saturated heterocycles. The van der Waals surface area contributed by atoms with Crippen LogP contribution in [0.15, 0.2) is 0 Å². The van der Waals surface area contributed by atoms with Gasteiger partial charge in [-0.2, -0.15) is 7.82 Å². The van der Waals surface area contributed by atoms with Crippen molar-refractivity contribution in [2.75, 3.05) is 0 Å². The standard InChI is InChI=1S/2Cd.ClH.H3O4P/c;;;1-5(2,3)4/h;;1H;(H3,1,2,3,4)/q2*+2;;/p-4. The predicted octanol–water partition coefficient (Wildman–Crippen LogP) is -5.83. The maximum atomic E-state index is 8.55. The average Bonchev–Trinajstić information content (AvgIpc) is 0.722. The number of hydrogen-bond acceptors (Lipinski definition) is 4. The third-order valence-electron chi connectivity index (χ3n) is 0. The summed E-state index contributed by atoms with van der Waals surface area (Å²) in [6.07, 6.45) is 0. The van der Waals surface area contributed by atoms with Gasteiger partial charge in [-0.1, -0.05) is 0 Å². The van der Waals surface area contributed by atoms with E-state index in [1.807, 2.05) is 0 Å². The van der Waals surface area contributed by atoms with Crippen molar-refractivity contribution >= 4 is 7.82 Å². The van der Waals surface area contributed by atoms with Gasteiger partial charge in [-0.3, -0.25) is 0 Å². The topological polar surface area (TPSA) is 86.2 Å². The number of rotatable bonds is 0. The summed E-state index contributed by atoms with van der Waals surface area (Å²) in [7, 11) is -5.39. The van der Waals surface area contributed by atoms with Crippen LogP contribution in [0.25, 0.3) is 0 Å². The molecule has 0 bridgehead atoms. The molecule has 0 aliphatic heterocycles. The van der Waals surface area contributed by atoms with Gasteiger partial charge in [0, 0.05) is 0 Å². The minimum atomic E-state index is -5.39. The maximum Gasteiger partial charge on any atom is 2.00 e. The zero-order chi connectivity index (χ0) is 4.50. The Bertz CT molecular complexity index is 60.2. The number of hydrogen-bond donors (Lipinski definition) is 0. The Morgan fingerprint density at radius 1 is 1.00 bits per heavy atom. The zero-order valence-corrected chi connectivity index (χ0v) is 13.6. The van der Waals surface area contributed by atoms with E-state index in [4.69, 9.17) is 19.2 Å². The summed E-state index contributed by atoms with van der Waals surface area (Å²) in [4.78, 5) is 25.6. The Hall–Kier alpha value is 2.24. The second-order valence-electron chi connectivity index (χ2n) is 0.447. The van der Waals surface area contributed by atoms with E-state index >= 15 is 0 Å². The Balaban J connectivity index is -0.0000000267. The molecule has 8 heteroatoms. The van der Waals surface area contributed by atoms with Gasteiger partial charge in [0.25, 0.3) is 0 Å². The van der Waals surface area contributed by atoms with Crippen molar-refractivity contribution in [3.8, 4) is 0 Å². The van der Waals surface area contributed by atoms with Gasteiger partial charge in [-0.15, -0.1) is 0 Å². The zero-order valence-electron chi connectivity index (χ0n) is 3.87. The van der Waals surface area contributed by atoms with E-state index in [9.17, 15) is 0 Å². The molecule has 0 heterocycles. The van der Waals surface area contributed by atoms with Crippen LogP contribution in [-0.4, -0.2) is 0 Å². The summed E-state index contributed by atoms with van der Waals surface area (Å²) in [5, 5.41) is 0. The minimum absolute atomic E-state index is 0. The van der Waals surface area contributed by atoms with Gasteiger partial charge < -0.3 is 31.7 Å². The molecular formula is Cd2ClO4P. The third-order valence-corrected chi connectivity index (χ3v) is 0. The second kappa shape index (κ2) is 9.24. The summed E-state index contributed by atoms with van der Waals surface area (Å²) < 4.78 is 8.55. The summed E-state index contributed by atoms with van der Waals surface area (Å²) in [6.45, 7) is 0. The Labute approximate surface area is 93.0 Å². The van der Waals surface area contributed by atoms with Crippen LogP contribution in [0.2, 0.25) is 0 Å². The number of halogens is 1. The van der Waals surface area contributed by atoms with Crippen molar-refractivity contribution in [1.82, 2.24) is 0 Å². The minimum Gasteiger partial charge on any atom is -1.00 e. The normalized spacial score (nSPS) is 7.38. The fraction of sp³-hybridized carbons (Fsp3) is 0. The van der Waals surface area contributed by atoms with Crippen LogP contribution in [0.3, 0.4) is 0 Å². The Morgan fingerprint density at radius 3 is 1.00 bits per heavy atom. The van der Waals surface area contributed by atoms with Crippen molar-refractivity contribution in [1.29, 1.82) is 0 Å². The fourth-order valence-electron chi connectivity index (χ4n) is 0. The van der Waals surface area contributed by atoms with Gasteiger partial charge in [0.1, 0.15) is 0 Å². The van der Waals surface area contributed by atoms with Crippen molar-refractivity contribution in [3.63, 3.8) is 0 Å². The fourth-order valence-corrected chi connectivity index (χ4v) is 0. The van der Waals surface area contributed by atoms with Gasteiger partial charge in [0.2, 0.25) is 0 Å².